The first-order chi connectivity index (χ1) is 9.69. The number of rotatable bonds is 7. The first-order valence-corrected chi connectivity index (χ1v) is 6.97. The first-order valence-electron chi connectivity index (χ1n) is 6.60. The topological polar surface area (TPSA) is 60.2 Å². The summed E-state index contributed by atoms with van der Waals surface area (Å²) in [4.78, 5) is 0. The van der Waals surface area contributed by atoms with Crippen molar-refractivity contribution < 1.29 is 9.15 Å². The van der Waals surface area contributed by atoms with E-state index in [1.54, 1.807) is 13.0 Å². The van der Waals surface area contributed by atoms with Gasteiger partial charge in [-0.05, 0) is 31.2 Å². The van der Waals surface area contributed by atoms with E-state index in [1.807, 2.05) is 12.1 Å². The highest BCUT2D eigenvalue weighted by atomic mass is 35.5. The second-order valence-corrected chi connectivity index (χ2v) is 4.87. The molecule has 0 fully saturated rings. The molecule has 0 amide bonds. The first kappa shape index (κ1) is 14.8. The van der Waals surface area contributed by atoms with Gasteiger partial charge in [-0.25, -0.2) is 0 Å². The zero-order valence-corrected chi connectivity index (χ0v) is 12.4. The average molecular weight is 296 g/mol. The van der Waals surface area contributed by atoms with Crippen LogP contribution in [-0.2, 0) is 13.2 Å². The van der Waals surface area contributed by atoms with Crippen LogP contribution < -0.4 is 10.1 Å². The predicted molar refractivity (Wildman–Crippen MR) is 76.8 cm³/mol. The van der Waals surface area contributed by atoms with Crippen molar-refractivity contribution in [2.24, 2.45) is 0 Å². The Morgan fingerprint density at radius 2 is 2.20 bits per heavy atom. The highest BCUT2D eigenvalue weighted by Gasteiger charge is 2.08. The largest absolute Gasteiger partial charge is 0.483 e. The lowest BCUT2D eigenvalue weighted by Crippen LogP contribution is -2.14. The molecule has 0 saturated heterocycles. The molecule has 1 heterocycles. The molecule has 0 saturated carbocycles. The van der Waals surface area contributed by atoms with Crippen LogP contribution in [0, 0.1) is 6.92 Å². The Balaban J connectivity index is 2.01. The van der Waals surface area contributed by atoms with Gasteiger partial charge in [-0.3, -0.25) is 0 Å². The summed E-state index contributed by atoms with van der Waals surface area (Å²) in [6, 6.07) is 5.56. The van der Waals surface area contributed by atoms with Gasteiger partial charge in [0.25, 0.3) is 5.89 Å². The lowest BCUT2D eigenvalue weighted by molar-refractivity contribution is 0.257. The molecule has 6 heteroatoms. The molecule has 0 bridgehead atoms. The van der Waals surface area contributed by atoms with E-state index in [9.17, 15) is 0 Å². The fourth-order valence-electron chi connectivity index (χ4n) is 1.76. The van der Waals surface area contributed by atoms with E-state index in [4.69, 9.17) is 20.8 Å². The minimum atomic E-state index is 0.253. The lowest BCUT2D eigenvalue weighted by atomic mass is 10.2. The van der Waals surface area contributed by atoms with Crippen LogP contribution in [0.25, 0.3) is 0 Å². The van der Waals surface area contributed by atoms with E-state index in [-0.39, 0.29) is 6.61 Å². The maximum absolute atomic E-state index is 6.03. The van der Waals surface area contributed by atoms with Crippen LogP contribution in [0.2, 0.25) is 5.02 Å². The molecule has 1 aromatic carbocycles. The fourth-order valence-corrected chi connectivity index (χ4v) is 1.96. The van der Waals surface area contributed by atoms with Crippen molar-refractivity contribution in [2.75, 3.05) is 6.54 Å². The lowest BCUT2D eigenvalue weighted by Gasteiger charge is -2.11. The number of nitrogens with one attached hydrogen (secondary N) is 1. The van der Waals surface area contributed by atoms with Crippen LogP contribution in [0.3, 0.4) is 0 Å². The number of hydrogen-bond acceptors (Lipinski definition) is 5. The summed E-state index contributed by atoms with van der Waals surface area (Å²) in [6.45, 7) is 5.80. The van der Waals surface area contributed by atoms with E-state index >= 15 is 0 Å². The zero-order valence-electron chi connectivity index (χ0n) is 11.6. The van der Waals surface area contributed by atoms with Gasteiger partial charge in [0.2, 0.25) is 5.89 Å². The van der Waals surface area contributed by atoms with E-state index < -0.39 is 0 Å². The Labute approximate surface area is 123 Å². The smallest absolute Gasteiger partial charge is 0.253 e. The second kappa shape index (κ2) is 7.26. The molecule has 0 aliphatic carbocycles. The third-order valence-corrected chi connectivity index (χ3v) is 2.92. The van der Waals surface area contributed by atoms with Crippen LogP contribution in [-0.4, -0.2) is 16.7 Å². The summed E-state index contributed by atoms with van der Waals surface area (Å²) < 4.78 is 11.0. The Hall–Kier alpha value is -1.59. The number of aromatic nitrogens is 2. The number of nitrogens with zero attached hydrogens (tertiary/aromatic N) is 2. The summed E-state index contributed by atoms with van der Waals surface area (Å²) in [5.74, 6) is 1.77. The third-order valence-electron chi connectivity index (χ3n) is 2.68. The van der Waals surface area contributed by atoms with Crippen molar-refractivity contribution in [3.05, 3.63) is 40.6 Å². The van der Waals surface area contributed by atoms with Gasteiger partial charge in [-0.2, -0.15) is 0 Å². The molecule has 1 aromatic heterocycles. The summed E-state index contributed by atoms with van der Waals surface area (Å²) in [6.07, 6.45) is 1.08. The number of benzene rings is 1. The molecule has 1 N–H and O–H groups in total. The molecule has 108 valence electrons. The maximum Gasteiger partial charge on any atom is 0.253 e. The Morgan fingerprint density at radius 1 is 1.35 bits per heavy atom. The molecular weight excluding hydrogens is 278 g/mol. The van der Waals surface area contributed by atoms with Crippen LogP contribution >= 0.6 is 11.6 Å². The predicted octanol–water partition coefficient (Wildman–Crippen LogP) is 3.11. The molecule has 0 spiro atoms. The van der Waals surface area contributed by atoms with Gasteiger partial charge >= 0.3 is 0 Å². The zero-order chi connectivity index (χ0) is 14.4. The van der Waals surface area contributed by atoms with Crippen molar-refractivity contribution in [3.8, 4) is 5.75 Å². The molecule has 0 atom stereocenters. The molecule has 2 aromatic rings. The van der Waals surface area contributed by atoms with Crippen LogP contribution in [0.4, 0.5) is 0 Å². The SMILES string of the molecule is CCCNCc1cc(Cl)ccc1OCc1nnc(C)o1. The monoisotopic (exact) mass is 295 g/mol. The van der Waals surface area contributed by atoms with Gasteiger partial charge < -0.3 is 14.5 Å². The minimum Gasteiger partial charge on any atom is -0.483 e. The second-order valence-electron chi connectivity index (χ2n) is 4.43. The normalized spacial score (nSPS) is 10.8. The van der Waals surface area contributed by atoms with E-state index in [1.165, 1.54) is 0 Å². The standard InChI is InChI=1S/C14H18ClN3O2/c1-3-6-16-8-11-7-12(15)4-5-13(11)19-9-14-18-17-10(2)20-14/h4-5,7,16H,3,6,8-9H2,1-2H3. The quantitative estimate of drug-likeness (QED) is 0.795. The van der Waals surface area contributed by atoms with Crippen LogP contribution in [0.15, 0.2) is 22.6 Å². The summed E-state index contributed by atoms with van der Waals surface area (Å²) in [5, 5.41) is 11.7. The molecule has 2 rings (SSSR count). The molecule has 20 heavy (non-hydrogen) atoms. The van der Waals surface area contributed by atoms with Crippen molar-refractivity contribution in [1.82, 2.24) is 15.5 Å². The fraction of sp³-hybridized carbons (Fsp3) is 0.429. The average Bonchev–Trinajstić information content (AvgIpc) is 2.84. The summed E-state index contributed by atoms with van der Waals surface area (Å²) in [5.41, 5.74) is 1.02. The van der Waals surface area contributed by atoms with Gasteiger partial charge in [0, 0.05) is 24.1 Å². The number of ether oxygens (including phenoxy) is 1. The van der Waals surface area contributed by atoms with Gasteiger partial charge in [0.1, 0.15) is 5.75 Å². The van der Waals surface area contributed by atoms with Gasteiger partial charge in [-0.1, -0.05) is 18.5 Å². The van der Waals surface area contributed by atoms with E-state index in [2.05, 4.69) is 22.4 Å². The van der Waals surface area contributed by atoms with Crippen molar-refractivity contribution in [1.29, 1.82) is 0 Å². The maximum atomic E-state index is 6.03. The minimum absolute atomic E-state index is 0.253. The van der Waals surface area contributed by atoms with Crippen LogP contribution in [0.1, 0.15) is 30.7 Å². The summed E-state index contributed by atoms with van der Waals surface area (Å²) >= 11 is 6.03. The molecule has 0 radical (unpaired) electrons. The molecule has 5 nitrogen and oxygen atoms in total. The molecule has 0 aliphatic heterocycles. The number of halogens is 1. The van der Waals surface area contributed by atoms with Gasteiger partial charge in [0.15, 0.2) is 6.61 Å². The highest BCUT2D eigenvalue weighted by molar-refractivity contribution is 6.30. The van der Waals surface area contributed by atoms with E-state index in [0.717, 1.165) is 24.3 Å². The Kier molecular flexibility index (Phi) is 5.38. The van der Waals surface area contributed by atoms with E-state index in [0.29, 0.717) is 23.3 Å². The van der Waals surface area contributed by atoms with Gasteiger partial charge in [-0.15, -0.1) is 10.2 Å². The Morgan fingerprint density at radius 3 is 2.90 bits per heavy atom. The molecule has 0 aliphatic rings. The van der Waals surface area contributed by atoms with Crippen molar-refractivity contribution in [2.45, 2.75) is 33.4 Å². The molecular formula is C14H18ClN3O2. The van der Waals surface area contributed by atoms with Crippen molar-refractivity contribution in [3.63, 3.8) is 0 Å². The number of hydrogen-bond donors (Lipinski definition) is 1. The molecule has 0 unspecified atom stereocenters. The third kappa shape index (κ3) is 4.21. The Bertz CT molecular complexity index is 557. The highest BCUT2D eigenvalue weighted by Crippen LogP contribution is 2.23. The summed E-state index contributed by atoms with van der Waals surface area (Å²) in [7, 11) is 0. The van der Waals surface area contributed by atoms with Crippen molar-refractivity contribution >= 4 is 11.6 Å². The van der Waals surface area contributed by atoms with Crippen LogP contribution in [0.5, 0.6) is 5.75 Å². The number of aryl methyl sites for hydroxylation is 1. The van der Waals surface area contributed by atoms with Gasteiger partial charge in [0.05, 0.1) is 0 Å².